The van der Waals surface area contributed by atoms with E-state index in [1.807, 2.05) is 19.1 Å². The number of anilines is 2. The summed E-state index contributed by atoms with van der Waals surface area (Å²) in [5.41, 5.74) is 1.18. The number of esters is 1. The maximum Gasteiger partial charge on any atom is 0.338 e. The van der Waals surface area contributed by atoms with Crippen LogP contribution in [-0.4, -0.2) is 37.4 Å². The molecule has 3 atom stereocenters. The summed E-state index contributed by atoms with van der Waals surface area (Å²) in [5.74, 6) is -1.63. The Kier molecular flexibility index (Phi) is 6.26. The summed E-state index contributed by atoms with van der Waals surface area (Å²) in [4.78, 5) is 51.2. The number of benzene rings is 2. The van der Waals surface area contributed by atoms with Crippen LogP contribution in [0.15, 0.2) is 60.7 Å². The van der Waals surface area contributed by atoms with Gasteiger partial charge in [-0.1, -0.05) is 19.1 Å². The third kappa shape index (κ3) is 4.50. The molecule has 4 rings (SSSR count). The van der Waals surface area contributed by atoms with Gasteiger partial charge in [0.25, 0.3) is 5.91 Å². The minimum absolute atomic E-state index is 0.00325. The van der Waals surface area contributed by atoms with Gasteiger partial charge in [-0.25, -0.2) is 4.79 Å². The van der Waals surface area contributed by atoms with Crippen LogP contribution >= 0.6 is 0 Å². The number of hydrogen-bond donors (Lipinski definition) is 1. The summed E-state index contributed by atoms with van der Waals surface area (Å²) in [5, 5.41) is 2.63. The summed E-state index contributed by atoms with van der Waals surface area (Å²) in [6, 6.07) is 12.8. The van der Waals surface area contributed by atoms with Crippen molar-refractivity contribution < 1.29 is 28.7 Å². The predicted molar refractivity (Wildman–Crippen MR) is 121 cm³/mol. The first-order valence-electron chi connectivity index (χ1n) is 10.6. The first-order chi connectivity index (χ1) is 15.9. The standard InChI is InChI=1S/C25H24N2O6/c1-15-4-3-5-20-22(15)24(30)27(23(20)29)18-10-6-16(7-11-18)25(31)33-14-21(28)26-17-8-12-19(32-2)13-9-17/h3-4,6-13,15,20,22H,5,14H2,1-2H3,(H,26,28)/t15-,20+,22+/m0/s1. The second-order valence-corrected chi connectivity index (χ2v) is 8.07. The number of amides is 3. The number of allylic oxidation sites excluding steroid dienone is 2. The number of rotatable bonds is 6. The molecule has 0 bridgehead atoms. The van der Waals surface area contributed by atoms with Crippen molar-refractivity contribution >= 4 is 35.1 Å². The molecule has 1 aliphatic heterocycles. The number of nitrogens with one attached hydrogen (secondary N) is 1. The van der Waals surface area contributed by atoms with Crippen molar-refractivity contribution in [2.45, 2.75) is 13.3 Å². The van der Waals surface area contributed by atoms with Gasteiger partial charge >= 0.3 is 5.97 Å². The lowest BCUT2D eigenvalue weighted by atomic mass is 9.78. The first kappa shape index (κ1) is 22.3. The molecular weight excluding hydrogens is 424 g/mol. The fraction of sp³-hybridized carbons (Fsp3) is 0.280. The Morgan fingerprint density at radius 1 is 1.03 bits per heavy atom. The molecule has 1 aliphatic carbocycles. The second-order valence-electron chi connectivity index (χ2n) is 8.07. The third-order valence-corrected chi connectivity index (χ3v) is 5.94. The average Bonchev–Trinajstić information content (AvgIpc) is 3.09. The van der Waals surface area contributed by atoms with Crippen LogP contribution in [0.2, 0.25) is 0 Å². The molecule has 0 spiro atoms. The van der Waals surface area contributed by atoms with Crippen LogP contribution in [0, 0.1) is 17.8 Å². The number of hydrogen-bond acceptors (Lipinski definition) is 6. The highest BCUT2D eigenvalue weighted by Gasteiger charge is 2.50. The molecule has 2 aromatic carbocycles. The van der Waals surface area contributed by atoms with E-state index >= 15 is 0 Å². The zero-order valence-electron chi connectivity index (χ0n) is 18.3. The number of carbonyl (C=O) groups is 4. The minimum Gasteiger partial charge on any atom is -0.497 e. The first-order valence-corrected chi connectivity index (χ1v) is 10.6. The summed E-state index contributed by atoms with van der Waals surface area (Å²) < 4.78 is 10.1. The Hall–Kier alpha value is -3.94. The summed E-state index contributed by atoms with van der Waals surface area (Å²) >= 11 is 0. The molecule has 1 saturated heterocycles. The topological polar surface area (TPSA) is 102 Å². The molecule has 1 fully saturated rings. The summed E-state index contributed by atoms with van der Waals surface area (Å²) in [6.45, 7) is 1.48. The Labute approximate surface area is 191 Å². The molecule has 0 aromatic heterocycles. The highest BCUT2D eigenvalue weighted by Crippen LogP contribution is 2.40. The fourth-order valence-electron chi connectivity index (χ4n) is 4.23. The molecule has 8 heteroatoms. The van der Waals surface area contributed by atoms with Crippen LogP contribution in [0.1, 0.15) is 23.7 Å². The van der Waals surface area contributed by atoms with Crippen LogP contribution in [0.3, 0.4) is 0 Å². The predicted octanol–water partition coefficient (Wildman–Crippen LogP) is 3.19. The second kappa shape index (κ2) is 9.28. The molecule has 33 heavy (non-hydrogen) atoms. The zero-order valence-corrected chi connectivity index (χ0v) is 18.3. The van der Waals surface area contributed by atoms with Crippen molar-refractivity contribution in [2.24, 2.45) is 17.8 Å². The van der Waals surface area contributed by atoms with Crippen LogP contribution in [0.25, 0.3) is 0 Å². The maximum absolute atomic E-state index is 12.9. The van der Waals surface area contributed by atoms with Crippen LogP contribution in [-0.2, 0) is 19.1 Å². The number of nitrogens with zero attached hydrogens (tertiary/aromatic N) is 1. The molecule has 3 amide bonds. The van der Waals surface area contributed by atoms with Gasteiger partial charge in [-0.05, 0) is 60.9 Å². The van der Waals surface area contributed by atoms with E-state index in [1.54, 1.807) is 43.5 Å². The zero-order chi connectivity index (χ0) is 23.5. The van der Waals surface area contributed by atoms with E-state index in [1.165, 1.54) is 17.0 Å². The van der Waals surface area contributed by atoms with Crippen LogP contribution in [0.4, 0.5) is 11.4 Å². The number of fused-ring (bicyclic) bond motifs is 1. The van der Waals surface area contributed by atoms with E-state index in [9.17, 15) is 19.2 Å². The molecule has 1 heterocycles. The van der Waals surface area contributed by atoms with Gasteiger partial charge in [-0.15, -0.1) is 0 Å². The number of methoxy groups -OCH3 is 1. The van der Waals surface area contributed by atoms with Crippen LogP contribution < -0.4 is 15.0 Å². The van der Waals surface area contributed by atoms with Gasteiger partial charge in [0.1, 0.15) is 5.75 Å². The van der Waals surface area contributed by atoms with Gasteiger partial charge in [0.15, 0.2) is 6.61 Å². The number of imide groups is 1. The molecule has 2 aromatic rings. The van der Waals surface area contributed by atoms with Crippen molar-refractivity contribution in [3.05, 3.63) is 66.2 Å². The largest absolute Gasteiger partial charge is 0.497 e. The van der Waals surface area contributed by atoms with E-state index in [4.69, 9.17) is 9.47 Å². The van der Waals surface area contributed by atoms with E-state index in [-0.39, 0.29) is 35.1 Å². The number of ether oxygens (including phenoxy) is 2. The molecule has 0 radical (unpaired) electrons. The van der Waals surface area contributed by atoms with Gasteiger partial charge in [-0.3, -0.25) is 19.3 Å². The highest BCUT2D eigenvalue weighted by molar-refractivity contribution is 6.22. The van der Waals surface area contributed by atoms with Crippen molar-refractivity contribution in [1.29, 1.82) is 0 Å². The van der Waals surface area contributed by atoms with E-state index in [2.05, 4.69) is 5.32 Å². The Balaban J connectivity index is 1.35. The number of carbonyl (C=O) groups excluding carboxylic acids is 4. The van der Waals surface area contributed by atoms with Gasteiger partial charge in [0.2, 0.25) is 11.8 Å². The molecule has 8 nitrogen and oxygen atoms in total. The van der Waals surface area contributed by atoms with E-state index < -0.39 is 18.5 Å². The lowest BCUT2D eigenvalue weighted by Gasteiger charge is -2.22. The van der Waals surface area contributed by atoms with Crippen molar-refractivity contribution in [2.75, 3.05) is 23.9 Å². The van der Waals surface area contributed by atoms with E-state index in [0.717, 1.165) is 0 Å². The van der Waals surface area contributed by atoms with Crippen molar-refractivity contribution in [1.82, 2.24) is 0 Å². The molecule has 1 N–H and O–H groups in total. The quantitative estimate of drug-likeness (QED) is 0.414. The monoisotopic (exact) mass is 448 g/mol. The minimum atomic E-state index is -0.683. The highest BCUT2D eigenvalue weighted by atomic mass is 16.5. The third-order valence-electron chi connectivity index (χ3n) is 5.94. The van der Waals surface area contributed by atoms with E-state index in [0.29, 0.717) is 23.5 Å². The van der Waals surface area contributed by atoms with Gasteiger partial charge in [0.05, 0.1) is 30.2 Å². The summed E-state index contributed by atoms with van der Waals surface area (Å²) in [7, 11) is 1.55. The normalized spacial score (nSPS) is 21.5. The lowest BCUT2D eigenvalue weighted by molar-refractivity contribution is -0.123. The summed E-state index contributed by atoms with van der Waals surface area (Å²) in [6.07, 6.45) is 4.48. The van der Waals surface area contributed by atoms with Crippen LogP contribution in [0.5, 0.6) is 5.75 Å². The molecule has 0 saturated carbocycles. The molecular formula is C25H24N2O6. The smallest absolute Gasteiger partial charge is 0.338 e. The Morgan fingerprint density at radius 2 is 1.73 bits per heavy atom. The molecule has 0 unspecified atom stereocenters. The maximum atomic E-state index is 12.9. The SMILES string of the molecule is COc1ccc(NC(=O)COC(=O)c2ccc(N3C(=O)[C@@H]4[C@@H](C)C=CC[C@H]4C3=O)cc2)cc1. The Morgan fingerprint density at radius 3 is 2.36 bits per heavy atom. The van der Waals surface area contributed by atoms with Gasteiger partial charge in [-0.2, -0.15) is 0 Å². The lowest BCUT2D eigenvalue weighted by Crippen LogP contribution is -2.31. The average molecular weight is 448 g/mol. The Bertz CT molecular complexity index is 1110. The van der Waals surface area contributed by atoms with Crippen molar-refractivity contribution in [3.63, 3.8) is 0 Å². The van der Waals surface area contributed by atoms with Gasteiger partial charge < -0.3 is 14.8 Å². The molecule has 2 aliphatic rings. The van der Waals surface area contributed by atoms with Crippen molar-refractivity contribution in [3.8, 4) is 5.75 Å². The molecule has 170 valence electrons. The fourth-order valence-corrected chi connectivity index (χ4v) is 4.23. The van der Waals surface area contributed by atoms with Gasteiger partial charge in [0, 0.05) is 5.69 Å².